The van der Waals surface area contributed by atoms with Gasteiger partial charge in [-0.2, -0.15) is 0 Å². The maximum absolute atomic E-state index is 12.0. The van der Waals surface area contributed by atoms with Crippen LogP contribution in [0, 0.1) is 5.92 Å². The third kappa shape index (κ3) is 9.65. The van der Waals surface area contributed by atoms with Crippen LogP contribution in [0.3, 0.4) is 0 Å². The maximum atomic E-state index is 12.0. The molecular formula is C21H41NO6. The lowest BCUT2D eigenvalue weighted by molar-refractivity contribution is -0.253. The molecule has 0 aromatic carbocycles. The molecule has 0 spiro atoms. The average molecular weight is 404 g/mol. The zero-order chi connectivity index (χ0) is 20.9. The minimum atomic E-state index is -1.46. The number of amides is 1. The molecule has 1 heterocycles. The van der Waals surface area contributed by atoms with Gasteiger partial charge in [-0.1, -0.05) is 71.6 Å². The van der Waals surface area contributed by atoms with E-state index in [1.165, 1.54) is 44.9 Å². The molecule has 0 aliphatic carbocycles. The molecule has 5 atom stereocenters. The highest BCUT2D eigenvalue weighted by molar-refractivity contribution is 5.76. The summed E-state index contributed by atoms with van der Waals surface area (Å²) in [6.45, 7) is 4.01. The molecule has 28 heavy (non-hydrogen) atoms. The summed E-state index contributed by atoms with van der Waals surface area (Å²) in [6, 6.07) is -1.10. The number of aliphatic hydroxyl groups excluding tert-OH is 4. The van der Waals surface area contributed by atoms with E-state index in [9.17, 15) is 20.1 Å². The Labute approximate surface area is 169 Å². The first-order valence-electron chi connectivity index (χ1n) is 11.0. The predicted molar refractivity (Wildman–Crippen MR) is 108 cm³/mol. The molecule has 7 nitrogen and oxygen atoms in total. The molecule has 0 aromatic rings. The second-order valence-electron chi connectivity index (χ2n) is 8.44. The summed E-state index contributed by atoms with van der Waals surface area (Å²) < 4.78 is 5.03. The fourth-order valence-corrected chi connectivity index (χ4v) is 3.59. The maximum Gasteiger partial charge on any atom is 0.220 e. The Kier molecular flexibility index (Phi) is 12.9. The van der Waals surface area contributed by atoms with Gasteiger partial charge < -0.3 is 30.5 Å². The van der Waals surface area contributed by atoms with Crippen LogP contribution in [-0.2, 0) is 9.53 Å². The zero-order valence-electron chi connectivity index (χ0n) is 17.6. The van der Waals surface area contributed by atoms with E-state index in [2.05, 4.69) is 19.2 Å². The van der Waals surface area contributed by atoms with Crippen molar-refractivity contribution in [2.24, 2.45) is 5.92 Å². The molecule has 0 bridgehead atoms. The fraction of sp³-hybridized carbons (Fsp3) is 0.952. The molecule has 5 N–H and O–H groups in total. The second kappa shape index (κ2) is 14.3. The van der Waals surface area contributed by atoms with Crippen molar-refractivity contribution in [2.75, 3.05) is 6.61 Å². The van der Waals surface area contributed by atoms with Crippen LogP contribution in [0.1, 0.15) is 84.5 Å². The van der Waals surface area contributed by atoms with Crippen LogP contribution in [0.2, 0.25) is 0 Å². The minimum absolute atomic E-state index is 0.286. The van der Waals surface area contributed by atoms with Gasteiger partial charge in [-0.3, -0.25) is 4.79 Å². The van der Waals surface area contributed by atoms with Crippen molar-refractivity contribution in [1.82, 2.24) is 5.32 Å². The summed E-state index contributed by atoms with van der Waals surface area (Å²) in [5, 5.41) is 41.3. The third-order valence-corrected chi connectivity index (χ3v) is 5.41. The highest BCUT2D eigenvalue weighted by Gasteiger charge is 2.44. The fourth-order valence-electron chi connectivity index (χ4n) is 3.59. The number of carbonyl (C=O) groups excluding carboxylic acids is 1. The molecule has 7 heteroatoms. The van der Waals surface area contributed by atoms with E-state index in [1.54, 1.807) is 0 Å². The first kappa shape index (κ1) is 25.3. The van der Waals surface area contributed by atoms with E-state index >= 15 is 0 Å². The van der Waals surface area contributed by atoms with Crippen molar-refractivity contribution in [3.63, 3.8) is 0 Å². The van der Waals surface area contributed by atoms with Gasteiger partial charge >= 0.3 is 0 Å². The second-order valence-corrected chi connectivity index (χ2v) is 8.44. The lowest BCUT2D eigenvalue weighted by atomic mass is 9.97. The summed E-state index contributed by atoms with van der Waals surface area (Å²) in [7, 11) is 0. The first-order chi connectivity index (χ1) is 13.4. The van der Waals surface area contributed by atoms with Crippen molar-refractivity contribution < 1.29 is 30.0 Å². The summed E-state index contributed by atoms with van der Waals surface area (Å²) in [5.41, 5.74) is 0. The number of rotatable bonds is 14. The molecule has 0 aromatic heterocycles. The van der Waals surface area contributed by atoms with Gasteiger partial charge in [0.15, 0.2) is 6.29 Å². The lowest BCUT2D eigenvalue weighted by Gasteiger charge is -2.40. The number of aliphatic hydroxyl groups is 4. The van der Waals surface area contributed by atoms with Gasteiger partial charge in [-0.05, 0) is 12.3 Å². The summed E-state index contributed by atoms with van der Waals surface area (Å²) in [4.78, 5) is 12.0. The van der Waals surface area contributed by atoms with Crippen molar-refractivity contribution in [3.05, 3.63) is 0 Å². The molecular weight excluding hydrogens is 362 g/mol. The highest BCUT2D eigenvalue weighted by Crippen LogP contribution is 2.20. The van der Waals surface area contributed by atoms with Gasteiger partial charge in [-0.15, -0.1) is 0 Å². The molecule has 166 valence electrons. The number of hydrogen-bond acceptors (Lipinski definition) is 6. The Morgan fingerprint density at radius 3 is 1.96 bits per heavy atom. The van der Waals surface area contributed by atoms with Crippen molar-refractivity contribution in [1.29, 1.82) is 0 Å². The van der Waals surface area contributed by atoms with Gasteiger partial charge in [0, 0.05) is 6.42 Å². The number of ether oxygens (including phenoxy) is 1. The van der Waals surface area contributed by atoms with Crippen molar-refractivity contribution >= 4 is 5.91 Å². The van der Waals surface area contributed by atoms with E-state index in [0.29, 0.717) is 6.42 Å². The summed E-state index contributed by atoms with van der Waals surface area (Å²) in [6.07, 6.45) is 6.90. The monoisotopic (exact) mass is 403 g/mol. The molecule has 1 aliphatic heterocycles. The van der Waals surface area contributed by atoms with Gasteiger partial charge in [0.1, 0.15) is 24.4 Å². The van der Waals surface area contributed by atoms with Gasteiger partial charge in [0.05, 0.1) is 6.61 Å². The molecule has 0 saturated carbocycles. The Morgan fingerprint density at radius 2 is 1.43 bits per heavy atom. The van der Waals surface area contributed by atoms with Crippen molar-refractivity contribution in [3.8, 4) is 0 Å². The van der Waals surface area contributed by atoms with E-state index in [4.69, 9.17) is 9.84 Å². The topological polar surface area (TPSA) is 119 Å². The van der Waals surface area contributed by atoms with Crippen LogP contribution >= 0.6 is 0 Å². The molecule has 1 aliphatic rings. The van der Waals surface area contributed by atoms with Crippen LogP contribution in [0.25, 0.3) is 0 Å². The Bertz CT molecular complexity index is 420. The molecule has 1 fully saturated rings. The average Bonchev–Trinajstić information content (AvgIpc) is 2.65. The Balaban J connectivity index is 2.05. The molecule has 1 saturated heterocycles. The predicted octanol–water partition coefficient (Wildman–Crippen LogP) is 1.85. The molecule has 1 rings (SSSR count). The largest absolute Gasteiger partial charge is 0.394 e. The SMILES string of the molecule is CC(C)CCCCCCCCCCCC(=O)N[C@@H]1[C@@H](O)[C@H](O)[C@@H](CO)O[C@@H]1O. The highest BCUT2D eigenvalue weighted by atomic mass is 16.6. The van der Waals surface area contributed by atoms with Crippen LogP contribution in [-0.4, -0.2) is 63.6 Å². The quantitative estimate of drug-likeness (QED) is 0.282. The van der Waals surface area contributed by atoms with Crippen LogP contribution < -0.4 is 5.32 Å². The van der Waals surface area contributed by atoms with Crippen LogP contribution in [0.4, 0.5) is 0 Å². The number of unbranched alkanes of at least 4 members (excludes halogenated alkanes) is 8. The van der Waals surface area contributed by atoms with Gasteiger partial charge in [0.25, 0.3) is 0 Å². The first-order valence-corrected chi connectivity index (χ1v) is 11.0. The van der Waals surface area contributed by atoms with E-state index in [1.807, 2.05) is 0 Å². The molecule has 0 radical (unpaired) electrons. The zero-order valence-corrected chi connectivity index (χ0v) is 17.6. The molecule has 0 unspecified atom stereocenters. The van der Waals surface area contributed by atoms with E-state index in [-0.39, 0.29) is 5.91 Å². The number of carbonyl (C=O) groups is 1. The normalized spacial score (nSPS) is 27.9. The lowest BCUT2D eigenvalue weighted by Crippen LogP contribution is -2.64. The smallest absolute Gasteiger partial charge is 0.220 e. The number of nitrogens with one attached hydrogen (secondary N) is 1. The standard InChI is InChI=1S/C21H41NO6/c1-15(2)12-10-8-6-4-3-5-7-9-11-13-17(24)22-18-20(26)19(25)16(14-23)28-21(18)27/h15-16,18-21,23,25-27H,3-14H2,1-2H3,(H,22,24)/t16-,18-,19-,20-,21+/m1/s1. The molecule has 1 amide bonds. The Morgan fingerprint density at radius 1 is 0.893 bits per heavy atom. The van der Waals surface area contributed by atoms with Crippen LogP contribution in [0.5, 0.6) is 0 Å². The van der Waals surface area contributed by atoms with Gasteiger partial charge in [0.2, 0.25) is 5.91 Å². The van der Waals surface area contributed by atoms with Crippen molar-refractivity contribution in [2.45, 2.75) is 115 Å². The summed E-state index contributed by atoms with van der Waals surface area (Å²) in [5.74, 6) is 0.517. The Hall–Kier alpha value is -0.730. The van der Waals surface area contributed by atoms with Gasteiger partial charge in [-0.25, -0.2) is 0 Å². The summed E-state index contributed by atoms with van der Waals surface area (Å²) >= 11 is 0. The minimum Gasteiger partial charge on any atom is -0.394 e. The third-order valence-electron chi connectivity index (χ3n) is 5.41. The van der Waals surface area contributed by atoms with Crippen LogP contribution in [0.15, 0.2) is 0 Å². The van der Waals surface area contributed by atoms with E-state index in [0.717, 1.165) is 25.2 Å². The van der Waals surface area contributed by atoms with E-state index < -0.39 is 37.3 Å². The number of hydrogen-bond donors (Lipinski definition) is 5.